The second-order valence-electron chi connectivity index (χ2n) is 6.73. The van der Waals surface area contributed by atoms with Crippen LogP contribution >= 0.6 is 0 Å². The molecule has 0 saturated carbocycles. The number of carbonyl (C=O) groups is 1. The van der Waals surface area contributed by atoms with Crippen molar-refractivity contribution >= 4 is 16.9 Å². The molecular weight excluding hydrogens is 333 g/mol. The van der Waals surface area contributed by atoms with Gasteiger partial charge in [-0.25, -0.2) is 4.79 Å². The first-order valence-electron chi connectivity index (χ1n) is 8.34. The number of nitrogens with zero attached hydrogens (tertiary/aromatic N) is 1. The molecule has 3 atom stereocenters. The minimum absolute atomic E-state index is 0.000974. The molecule has 3 rings (SSSR count). The highest BCUT2D eigenvalue weighted by atomic mass is 19.4. The lowest BCUT2D eigenvalue weighted by atomic mass is 9.86. The van der Waals surface area contributed by atoms with Crippen LogP contribution in [0.5, 0.6) is 0 Å². The summed E-state index contributed by atoms with van der Waals surface area (Å²) < 4.78 is 41.1. The smallest absolute Gasteiger partial charge is 0.403 e. The van der Waals surface area contributed by atoms with Crippen LogP contribution in [0.15, 0.2) is 24.3 Å². The average Bonchev–Trinajstić information content (AvgIpc) is 2.85. The quantitative estimate of drug-likeness (QED) is 0.871. The highest BCUT2D eigenvalue weighted by molar-refractivity contribution is 6.05. The van der Waals surface area contributed by atoms with Crippen molar-refractivity contribution in [1.29, 1.82) is 0 Å². The summed E-state index contributed by atoms with van der Waals surface area (Å²) in [6.07, 6.45) is -3.64. The van der Waals surface area contributed by atoms with E-state index in [1.165, 1.54) is 0 Å². The van der Waals surface area contributed by atoms with Crippen LogP contribution in [0.1, 0.15) is 41.9 Å². The van der Waals surface area contributed by atoms with Crippen LogP contribution in [0.3, 0.4) is 0 Å². The van der Waals surface area contributed by atoms with Gasteiger partial charge in [0.25, 0.3) is 0 Å². The first-order valence-corrected chi connectivity index (χ1v) is 8.34. The van der Waals surface area contributed by atoms with Crippen molar-refractivity contribution in [1.82, 2.24) is 9.88 Å². The summed E-state index contributed by atoms with van der Waals surface area (Å²) in [6, 6.07) is 5.44. The molecule has 1 aliphatic heterocycles. The molecule has 1 saturated heterocycles. The third-order valence-corrected chi connectivity index (χ3v) is 5.30. The second kappa shape index (κ2) is 6.37. The number of benzene rings is 1. The Bertz CT molecular complexity index is 797. The number of hydrogen-bond acceptors (Lipinski definition) is 2. The largest absolute Gasteiger partial charge is 0.478 e. The van der Waals surface area contributed by atoms with Crippen LogP contribution in [-0.4, -0.2) is 34.4 Å². The fourth-order valence-corrected chi connectivity index (χ4v) is 4.03. The zero-order chi connectivity index (χ0) is 18.4. The minimum atomic E-state index is -4.27. The third kappa shape index (κ3) is 3.13. The number of hydrogen-bond donors (Lipinski definition) is 2. The van der Waals surface area contributed by atoms with Gasteiger partial charge in [-0.3, -0.25) is 0 Å². The molecule has 0 amide bonds. The lowest BCUT2D eigenvalue weighted by Crippen LogP contribution is -2.48. The molecule has 0 bridgehead atoms. The standard InChI is InChI=1S/C18H21F3N2O2/c1-10(12-7-8-22-15(9-12)18(19,20)21)23-11(2)16(17(24)25)13-5-3-4-6-14(13)23/h3-6,10,12,15,22H,7-9H2,1-2H3,(H,24,25). The number of rotatable bonds is 3. The maximum absolute atomic E-state index is 13.1. The number of carboxylic acids is 1. The van der Waals surface area contributed by atoms with Crippen molar-refractivity contribution in [3.63, 3.8) is 0 Å². The van der Waals surface area contributed by atoms with Crippen molar-refractivity contribution in [3.8, 4) is 0 Å². The van der Waals surface area contributed by atoms with Crippen molar-refractivity contribution < 1.29 is 23.1 Å². The van der Waals surface area contributed by atoms with E-state index in [-0.39, 0.29) is 23.9 Å². The summed E-state index contributed by atoms with van der Waals surface area (Å²) in [4.78, 5) is 11.7. The number of fused-ring (bicyclic) bond motifs is 1. The Balaban J connectivity index is 2.01. The summed E-state index contributed by atoms with van der Waals surface area (Å²) >= 11 is 0. The summed E-state index contributed by atoms with van der Waals surface area (Å²) in [6.45, 7) is 3.92. The maximum atomic E-state index is 13.1. The minimum Gasteiger partial charge on any atom is -0.478 e. The molecule has 25 heavy (non-hydrogen) atoms. The molecule has 4 nitrogen and oxygen atoms in total. The summed E-state index contributed by atoms with van der Waals surface area (Å²) in [5.74, 6) is -1.19. The van der Waals surface area contributed by atoms with Crippen LogP contribution in [0, 0.1) is 12.8 Å². The predicted octanol–water partition coefficient (Wildman–Crippen LogP) is 4.14. The summed E-state index contributed by atoms with van der Waals surface area (Å²) in [5, 5.41) is 12.7. The molecule has 1 aromatic heterocycles. The molecule has 2 heterocycles. The third-order valence-electron chi connectivity index (χ3n) is 5.30. The van der Waals surface area contributed by atoms with Gasteiger partial charge in [-0.15, -0.1) is 0 Å². The van der Waals surface area contributed by atoms with E-state index in [0.29, 0.717) is 24.0 Å². The fraction of sp³-hybridized carbons (Fsp3) is 0.500. The average molecular weight is 354 g/mol. The zero-order valence-electron chi connectivity index (χ0n) is 14.1. The Hall–Kier alpha value is -2.02. The normalized spacial score (nSPS) is 22.9. The van der Waals surface area contributed by atoms with Crippen molar-refractivity contribution in [2.75, 3.05) is 6.54 Å². The topological polar surface area (TPSA) is 54.3 Å². The van der Waals surface area contributed by atoms with Crippen molar-refractivity contribution in [2.45, 2.75) is 44.9 Å². The molecule has 0 aliphatic carbocycles. The Labute approximate surface area is 143 Å². The number of carboxylic acid groups (broad SMARTS) is 1. The number of para-hydroxylation sites is 1. The fourth-order valence-electron chi connectivity index (χ4n) is 4.03. The van der Waals surface area contributed by atoms with Gasteiger partial charge in [-0.1, -0.05) is 18.2 Å². The Morgan fingerprint density at radius 2 is 2.04 bits per heavy atom. The first kappa shape index (κ1) is 17.8. The zero-order valence-corrected chi connectivity index (χ0v) is 14.1. The van der Waals surface area contributed by atoms with Gasteiger partial charge in [0.15, 0.2) is 0 Å². The van der Waals surface area contributed by atoms with Crippen LogP contribution < -0.4 is 5.32 Å². The van der Waals surface area contributed by atoms with E-state index in [2.05, 4.69) is 5.32 Å². The SMILES string of the molecule is Cc1c(C(=O)O)c2ccccc2n1C(C)C1CCNC(C(F)(F)F)C1. The molecular formula is C18H21F3N2O2. The van der Waals surface area contributed by atoms with Gasteiger partial charge < -0.3 is 15.0 Å². The lowest BCUT2D eigenvalue weighted by molar-refractivity contribution is -0.164. The molecule has 136 valence electrons. The predicted molar refractivity (Wildman–Crippen MR) is 88.9 cm³/mol. The van der Waals surface area contributed by atoms with E-state index in [4.69, 9.17) is 0 Å². The van der Waals surface area contributed by atoms with Gasteiger partial charge in [0, 0.05) is 22.6 Å². The maximum Gasteiger partial charge on any atom is 0.403 e. The lowest BCUT2D eigenvalue weighted by Gasteiger charge is -2.36. The molecule has 1 aromatic carbocycles. The van der Waals surface area contributed by atoms with Gasteiger partial charge in [0.1, 0.15) is 6.04 Å². The van der Waals surface area contributed by atoms with Gasteiger partial charge in [-0.2, -0.15) is 13.2 Å². The van der Waals surface area contributed by atoms with Gasteiger partial charge in [-0.05, 0) is 45.2 Å². The number of aromatic nitrogens is 1. The first-order chi connectivity index (χ1) is 11.7. The van der Waals surface area contributed by atoms with Crippen molar-refractivity contribution in [3.05, 3.63) is 35.5 Å². The molecule has 2 N–H and O–H groups in total. The summed E-state index contributed by atoms with van der Waals surface area (Å²) in [5.41, 5.74) is 1.57. The molecule has 1 fully saturated rings. The van der Waals surface area contributed by atoms with E-state index >= 15 is 0 Å². The number of nitrogens with one attached hydrogen (secondary N) is 1. The molecule has 2 aromatic rings. The molecule has 7 heteroatoms. The Morgan fingerprint density at radius 3 is 2.68 bits per heavy atom. The van der Waals surface area contributed by atoms with E-state index < -0.39 is 18.2 Å². The van der Waals surface area contributed by atoms with Crippen LogP contribution in [0.4, 0.5) is 13.2 Å². The van der Waals surface area contributed by atoms with E-state index in [1.54, 1.807) is 19.1 Å². The number of alkyl halides is 3. The molecule has 1 aliphatic rings. The van der Waals surface area contributed by atoms with Crippen LogP contribution in [0.2, 0.25) is 0 Å². The van der Waals surface area contributed by atoms with Gasteiger partial charge in [0.05, 0.1) is 5.56 Å². The van der Waals surface area contributed by atoms with E-state index in [1.807, 2.05) is 23.6 Å². The number of halogens is 3. The molecule has 0 radical (unpaired) electrons. The Kier molecular flexibility index (Phi) is 4.53. The number of piperidine rings is 1. The summed E-state index contributed by atoms with van der Waals surface area (Å²) in [7, 11) is 0. The monoisotopic (exact) mass is 354 g/mol. The van der Waals surface area contributed by atoms with Crippen LogP contribution in [0.25, 0.3) is 10.9 Å². The van der Waals surface area contributed by atoms with E-state index in [0.717, 1.165) is 5.52 Å². The number of aromatic carboxylic acids is 1. The highest BCUT2D eigenvalue weighted by Gasteiger charge is 2.43. The van der Waals surface area contributed by atoms with E-state index in [9.17, 15) is 23.1 Å². The highest BCUT2D eigenvalue weighted by Crippen LogP contribution is 2.38. The van der Waals surface area contributed by atoms with Gasteiger partial charge >= 0.3 is 12.1 Å². The Morgan fingerprint density at radius 1 is 1.36 bits per heavy atom. The van der Waals surface area contributed by atoms with Crippen LogP contribution in [-0.2, 0) is 0 Å². The van der Waals surface area contributed by atoms with Crippen molar-refractivity contribution in [2.24, 2.45) is 5.92 Å². The molecule has 0 spiro atoms. The molecule has 3 unspecified atom stereocenters. The van der Waals surface area contributed by atoms with Gasteiger partial charge in [0.2, 0.25) is 0 Å². The second-order valence-corrected chi connectivity index (χ2v) is 6.73.